The van der Waals surface area contributed by atoms with Crippen LogP contribution in [-0.4, -0.2) is 14.3 Å². The van der Waals surface area contributed by atoms with E-state index >= 15 is 0 Å². The predicted octanol–water partition coefficient (Wildman–Crippen LogP) is 6.12. The minimum atomic E-state index is -4.00. The number of carbonyl (C=O) groups is 1. The number of para-hydroxylation sites is 1. The number of sulfonamides is 1. The van der Waals surface area contributed by atoms with Gasteiger partial charge in [0.1, 0.15) is 4.90 Å². The summed E-state index contributed by atoms with van der Waals surface area (Å²) in [4.78, 5) is 12.4. The van der Waals surface area contributed by atoms with Gasteiger partial charge in [-0.25, -0.2) is 8.42 Å². The van der Waals surface area contributed by atoms with E-state index in [9.17, 15) is 13.2 Å². The van der Waals surface area contributed by atoms with Gasteiger partial charge in [-0.15, -0.1) is 0 Å². The number of benzene rings is 3. The Morgan fingerprint density at radius 3 is 2.38 bits per heavy atom. The fourth-order valence-corrected chi connectivity index (χ4v) is 4.60. The topological polar surface area (TPSA) is 75.3 Å². The van der Waals surface area contributed by atoms with E-state index < -0.39 is 15.9 Å². The number of hydrogen-bond acceptors (Lipinski definition) is 3. The Morgan fingerprint density at radius 2 is 1.69 bits per heavy atom. The molecule has 0 fully saturated rings. The third kappa shape index (κ3) is 5.11. The molecular formula is C20H15BrCl2N2O3S. The Labute approximate surface area is 187 Å². The number of nitrogens with one attached hydrogen (secondary N) is 2. The van der Waals surface area contributed by atoms with Crippen LogP contribution in [-0.2, 0) is 10.0 Å². The number of aryl methyl sites for hydroxylation is 1. The van der Waals surface area contributed by atoms with Crippen molar-refractivity contribution in [3.63, 3.8) is 0 Å². The normalized spacial score (nSPS) is 11.2. The molecule has 0 heterocycles. The maximum Gasteiger partial charge on any atom is 0.263 e. The minimum Gasteiger partial charge on any atom is -0.322 e. The van der Waals surface area contributed by atoms with Crippen LogP contribution < -0.4 is 10.0 Å². The van der Waals surface area contributed by atoms with Gasteiger partial charge in [0.15, 0.2) is 0 Å². The van der Waals surface area contributed by atoms with E-state index in [0.717, 1.165) is 5.56 Å². The zero-order valence-electron chi connectivity index (χ0n) is 15.0. The summed E-state index contributed by atoms with van der Waals surface area (Å²) in [7, 11) is -4.00. The molecule has 0 atom stereocenters. The molecule has 3 aromatic rings. The van der Waals surface area contributed by atoms with Gasteiger partial charge in [0.25, 0.3) is 15.9 Å². The van der Waals surface area contributed by atoms with Crippen molar-refractivity contribution in [2.45, 2.75) is 11.8 Å². The first kappa shape index (κ1) is 21.6. The lowest BCUT2D eigenvalue weighted by Crippen LogP contribution is -2.17. The van der Waals surface area contributed by atoms with Gasteiger partial charge in [-0.05, 0) is 70.9 Å². The third-order valence-electron chi connectivity index (χ3n) is 4.05. The van der Waals surface area contributed by atoms with Crippen LogP contribution in [0.3, 0.4) is 0 Å². The molecule has 150 valence electrons. The minimum absolute atomic E-state index is 0.00863. The van der Waals surface area contributed by atoms with Crippen molar-refractivity contribution in [1.29, 1.82) is 0 Å². The molecule has 0 bridgehead atoms. The van der Waals surface area contributed by atoms with E-state index in [1.165, 1.54) is 18.2 Å². The van der Waals surface area contributed by atoms with Crippen LogP contribution in [0, 0.1) is 6.92 Å². The first-order valence-electron chi connectivity index (χ1n) is 8.32. The molecule has 29 heavy (non-hydrogen) atoms. The van der Waals surface area contributed by atoms with Crippen LogP contribution in [0.2, 0.25) is 10.0 Å². The van der Waals surface area contributed by atoms with Crippen molar-refractivity contribution in [3.8, 4) is 0 Å². The van der Waals surface area contributed by atoms with Gasteiger partial charge >= 0.3 is 0 Å². The van der Waals surface area contributed by atoms with Gasteiger partial charge in [-0.2, -0.15) is 0 Å². The lowest BCUT2D eigenvalue weighted by atomic mass is 10.2. The van der Waals surface area contributed by atoms with E-state index in [2.05, 4.69) is 26.0 Å². The summed E-state index contributed by atoms with van der Waals surface area (Å²) in [5, 5.41) is 3.12. The molecule has 0 aliphatic rings. The fourth-order valence-electron chi connectivity index (χ4n) is 2.51. The molecule has 0 aliphatic heterocycles. The number of amides is 1. The number of carbonyl (C=O) groups excluding carboxylic acids is 1. The lowest BCUT2D eigenvalue weighted by Gasteiger charge is -2.13. The highest BCUT2D eigenvalue weighted by Crippen LogP contribution is 2.28. The Bertz CT molecular complexity index is 1200. The largest absolute Gasteiger partial charge is 0.322 e. The molecule has 3 aromatic carbocycles. The van der Waals surface area contributed by atoms with Crippen molar-refractivity contribution in [1.82, 2.24) is 0 Å². The highest BCUT2D eigenvalue weighted by molar-refractivity contribution is 9.10. The maximum absolute atomic E-state index is 12.8. The summed E-state index contributed by atoms with van der Waals surface area (Å²) in [6, 6.07) is 16.0. The van der Waals surface area contributed by atoms with E-state index in [1.54, 1.807) is 49.4 Å². The first-order chi connectivity index (χ1) is 13.7. The van der Waals surface area contributed by atoms with Crippen LogP contribution in [0.5, 0.6) is 0 Å². The van der Waals surface area contributed by atoms with Gasteiger partial charge in [-0.1, -0.05) is 41.4 Å². The van der Waals surface area contributed by atoms with Crippen molar-refractivity contribution in [2.24, 2.45) is 0 Å². The van der Waals surface area contributed by atoms with Gasteiger partial charge in [0, 0.05) is 15.7 Å². The molecule has 0 radical (unpaired) electrons. The molecule has 0 saturated heterocycles. The van der Waals surface area contributed by atoms with Crippen LogP contribution in [0.25, 0.3) is 0 Å². The molecule has 0 aromatic heterocycles. The highest BCUT2D eigenvalue weighted by Gasteiger charge is 2.21. The molecule has 2 N–H and O–H groups in total. The van der Waals surface area contributed by atoms with Gasteiger partial charge < -0.3 is 5.32 Å². The van der Waals surface area contributed by atoms with Crippen molar-refractivity contribution in [2.75, 3.05) is 10.0 Å². The van der Waals surface area contributed by atoms with Crippen molar-refractivity contribution < 1.29 is 13.2 Å². The molecule has 0 unspecified atom stereocenters. The number of halogens is 3. The summed E-state index contributed by atoms with van der Waals surface area (Å²) < 4.78 is 28.9. The molecule has 0 saturated carbocycles. The van der Waals surface area contributed by atoms with Crippen LogP contribution in [0.1, 0.15) is 15.9 Å². The van der Waals surface area contributed by atoms with Gasteiger partial charge in [0.05, 0.1) is 15.7 Å². The van der Waals surface area contributed by atoms with Gasteiger partial charge in [-0.3, -0.25) is 9.52 Å². The Balaban J connectivity index is 1.89. The SMILES string of the molecule is Cc1ccccc1NS(=O)(=O)c1cc(C(=O)Nc2ccc(Br)c(Cl)c2)ccc1Cl. The molecule has 9 heteroatoms. The van der Waals surface area contributed by atoms with Gasteiger partial charge in [0.2, 0.25) is 0 Å². The van der Waals surface area contributed by atoms with E-state index in [4.69, 9.17) is 23.2 Å². The Kier molecular flexibility index (Phi) is 6.53. The van der Waals surface area contributed by atoms with E-state index in [-0.39, 0.29) is 15.5 Å². The van der Waals surface area contributed by atoms with E-state index in [1.807, 2.05) is 0 Å². The summed E-state index contributed by atoms with van der Waals surface area (Å²) in [6.45, 7) is 1.78. The second kappa shape index (κ2) is 8.75. The molecule has 0 aliphatic carbocycles. The summed E-state index contributed by atoms with van der Waals surface area (Å²) >= 11 is 15.4. The third-order valence-corrected chi connectivity index (χ3v) is 7.13. The van der Waals surface area contributed by atoms with E-state index in [0.29, 0.717) is 20.9 Å². The van der Waals surface area contributed by atoms with Crippen molar-refractivity contribution in [3.05, 3.63) is 86.3 Å². The number of rotatable bonds is 5. The molecule has 5 nitrogen and oxygen atoms in total. The lowest BCUT2D eigenvalue weighted by molar-refractivity contribution is 0.102. The second-order valence-electron chi connectivity index (χ2n) is 6.15. The second-order valence-corrected chi connectivity index (χ2v) is 9.47. The van der Waals surface area contributed by atoms with Crippen LogP contribution >= 0.6 is 39.1 Å². The molecule has 0 spiro atoms. The predicted molar refractivity (Wildman–Crippen MR) is 121 cm³/mol. The summed E-state index contributed by atoms with van der Waals surface area (Å²) in [5.74, 6) is -0.493. The standard InChI is InChI=1S/C20H15BrCl2N2O3S/c1-12-4-2-3-5-18(12)25-29(27,28)19-10-13(6-9-16(19)22)20(26)24-14-7-8-15(21)17(23)11-14/h2-11,25H,1H3,(H,24,26). The Morgan fingerprint density at radius 1 is 0.966 bits per heavy atom. The van der Waals surface area contributed by atoms with Crippen molar-refractivity contribution >= 4 is 66.4 Å². The Hall–Kier alpha value is -2.06. The first-order valence-corrected chi connectivity index (χ1v) is 11.3. The molecule has 1 amide bonds. The maximum atomic E-state index is 12.8. The number of hydrogen-bond donors (Lipinski definition) is 2. The number of anilines is 2. The van der Waals surface area contributed by atoms with Crippen LogP contribution in [0.4, 0.5) is 11.4 Å². The average molecular weight is 514 g/mol. The monoisotopic (exact) mass is 512 g/mol. The average Bonchev–Trinajstić information content (AvgIpc) is 2.66. The molecule has 3 rings (SSSR count). The molecular weight excluding hydrogens is 499 g/mol. The quantitative estimate of drug-likeness (QED) is 0.431. The zero-order chi connectivity index (χ0) is 21.2. The summed E-state index contributed by atoms with van der Waals surface area (Å²) in [5.41, 5.74) is 1.80. The fraction of sp³-hybridized carbons (Fsp3) is 0.0500. The van der Waals surface area contributed by atoms with Crippen LogP contribution in [0.15, 0.2) is 70.0 Å². The highest BCUT2D eigenvalue weighted by atomic mass is 79.9. The summed E-state index contributed by atoms with van der Waals surface area (Å²) in [6.07, 6.45) is 0. The smallest absolute Gasteiger partial charge is 0.263 e. The zero-order valence-corrected chi connectivity index (χ0v) is 19.0.